The molecule has 0 N–H and O–H groups in total. The fourth-order valence-corrected chi connectivity index (χ4v) is 5.36. The van der Waals surface area contributed by atoms with Gasteiger partial charge in [-0.15, -0.1) is 6.58 Å². The first-order chi connectivity index (χ1) is 13.2. The van der Waals surface area contributed by atoms with Crippen molar-refractivity contribution in [3.8, 4) is 0 Å². The minimum atomic E-state index is -2.00. The Kier molecular flexibility index (Phi) is 8.11. The highest BCUT2D eigenvalue weighted by Crippen LogP contribution is 2.43. The normalized spacial score (nSPS) is 25.6. The van der Waals surface area contributed by atoms with Crippen LogP contribution >= 0.6 is 0 Å². The monoisotopic (exact) mass is 441 g/mol. The number of amides is 1. The zero-order chi connectivity index (χ0) is 23.9. The van der Waals surface area contributed by atoms with Crippen molar-refractivity contribution in [3.05, 3.63) is 12.7 Å². The minimum absolute atomic E-state index is 0.0368. The van der Waals surface area contributed by atoms with Crippen molar-refractivity contribution in [3.63, 3.8) is 0 Å². The summed E-state index contributed by atoms with van der Waals surface area (Å²) >= 11 is 0. The Morgan fingerprint density at radius 3 is 2.07 bits per heavy atom. The molecule has 1 aliphatic heterocycles. The van der Waals surface area contributed by atoms with E-state index in [1.165, 1.54) is 0 Å². The van der Waals surface area contributed by atoms with Gasteiger partial charge in [-0.1, -0.05) is 40.7 Å². The summed E-state index contributed by atoms with van der Waals surface area (Å²) in [5.41, 5.74) is -1.30. The lowest BCUT2D eigenvalue weighted by Crippen LogP contribution is -2.51. The molecule has 0 aromatic carbocycles. The van der Waals surface area contributed by atoms with Gasteiger partial charge in [-0.05, 0) is 65.6 Å². The first kappa shape index (κ1) is 27.2. The fourth-order valence-electron chi connectivity index (χ4n) is 3.90. The lowest BCUT2D eigenvalue weighted by Gasteiger charge is -2.43. The third-order valence-corrected chi connectivity index (χ3v) is 11.1. The van der Waals surface area contributed by atoms with E-state index in [-0.39, 0.29) is 41.2 Å². The van der Waals surface area contributed by atoms with Gasteiger partial charge >= 0.3 is 6.09 Å². The predicted octanol–water partition coefficient (Wildman–Crippen LogP) is 6.60. The molecule has 0 aromatic rings. The van der Waals surface area contributed by atoms with E-state index in [0.29, 0.717) is 0 Å². The molecule has 0 aromatic heterocycles. The molecule has 176 valence electrons. The van der Waals surface area contributed by atoms with Crippen LogP contribution in [-0.4, -0.2) is 48.9 Å². The molecule has 0 saturated carbocycles. The number of rotatable bonds is 6. The Labute approximate surface area is 186 Å². The summed E-state index contributed by atoms with van der Waals surface area (Å²) in [4.78, 5) is 14.7. The molecular formula is C24H47NO4Si. The summed E-state index contributed by atoms with van der Waals surface area (Å²) in [7, 11) is -2.00. The lowest BCUT2D eigenvalue weighted by molar-refractivity contribution is -0.100. The van der Waals surface area contributed by atoms with Crippen molar-refractivity contribution >= 4 is 14.4 Å². The quantitative estimate of drug-likeness (QED) is 0.344. The highest BCUT2D eigenvalue weighted by molar-refractivity contribution is 6.74. The molecule has 0 aliphatic carbocycles. The van der Waals surface area contributed by atoms with Crippen LogP contribution in [0.4, 0.5) is 4.79 Å². The summed E-state index contributed by atoms with van der Waals surface area (Å²) in [6, 6.07) is -0.132. The van der Waals surface area contributed by atoms with Crippen LogP contribution in [0, 0.1) is 11.8 Å². The van der Waals surface area contributed by atoms with Crippen LogP contribution < -0.4 is 0 Å². The van der Waals surface area contributed by atoms with Crippen LogP contribution in [0.15, 0.2) is 12.7 Å². The second kappa shape index (κ2) is 8.95. The number of ether oxygens (including phenoxy) is 2. The number of hydrogen-bond acceptors (Lipinski definition) is 4. The third-order valence-electron chi connectivity index (χ3n) is 6.64. The zero-order valence-electron chi connectivity index (χ0n) is 21.8. The number of hydrogen-bond donors (Lipinski definition) is 0. The summed E-state index contributed by atoms with van der Waals surface area (Å²) < 4.78 is 19.0. The molecule has 5 nitrogen and oxygen atoms in total. The van der Waals surface area contributed by atoms with E-state index in [1.807, 2.05) is 47.6 Å². The Hall–Kier alpha value is -0.853. The number of nitrogens with zero attached hydrogens (tertiary/aromatic N) is 1. The van der Waals surface area contributed by atoms with E-state index in [0.717, 1.165) is 0 Å². The van der Waals surface area contributed by atoms with E-state index >= 15 is 0 Å². The maximum atomic E-state index is 13.0. The van der Waals surface area contributed by atoms with E-state index in [9.17, 15) is 4.79 Å². The van der Waals surface area contributed by atoms with Gasteiger partial charge in [0, 0.05) is 5.92 Å². The van der Waals surface area contributed by atoms with Gasteiger partial charge in [0.2, 0.25) is 0 Å². The maximum Gasteiger partial charge on any atom is 0.412 e. The smallest absolute Gasteiger partial charge is 0.412 e. The molecule has 1 fully saturated rings. The van der Waals surface area contributed by atoms with E-state index in [1.54, 1.807) is 4.90 Å². The molecule has 30 heavy (non-hydrogen) atoms. The molecule has 0 unspecified atom stereocenters. The summed E-state index contributed by atoms with van der Waals surface area (Å²) in [5, 5.41) is 0.107. The Morgan fingerprint density at radius 2 is 1.67 bits per heavy atom. The average Bonchev–Trinajstić information content (AvgIpc) is 2.77. The van der Waals surface area contributed by atoms with Gasteiger partial charge in [0.25, 0.3) is 0 Å². The van der Waals surface area contributed by atoms with Crippen molar-refractivity contribution in [2.45, 2.75) is 124 Å². The molecular weight excluding hydrogens is 394 g/mol. The van der Waals surface area contributed by atoms with Crippen LogP contribution in [0.1, 0.15) is 76.2 Å². The molecule has 0 radical (unpaired) electrons. The highest BCUT2D eigenvalue weighted by Gasteiger charge is 2.53. The first-order valence-electron chi connectivity index (χ1n) is 11.3. The Morgan fingerprint density at radius 1 is 1.17 bits per heavy atom. The molecule has 1 saturated heterocycles. The van der Waals surface area contributed by atoms with Gasteiger partial charge < -0.3 is 13.9 Å². The summed E-state index contributed by atoms with van der Waals surface area (Å²) in [6.07, 6.45) is 1.42. The van der Waals surface area contributed by atoms with Gasteiger partial charge in [0.1, 0.15) is 11.3 Å². The van der Waals surface area contributed by atoms with E-state index in [4.69, 9.17) is 13.9 Å². The van der Waals surface area contributed by atoms with Gasteiger partial charge in [-0.25, -0.2) is 4.79 Å². The molecule has 5 atom stereocenters. The standard InChI is InChI=1S/C24H47NO4Si/c1-15-16(2)19(29-30(13,14)23(8,9)10)17(3)20-18(4)25(24(11,12)27-20)21(26)28-22(5,6)7/h15-20H,1H2,2-14H3/t16-,17+,18-,19-,20+/m1/s1. The van der Waals surface area contributed by atoms with Crippen LogP contribution in [-0.2, 0) is 13.9 Å². The van der Waals surface area contributed by atoms with Crippen LogP contribution in [0.5, 0.6) is 0 Å². The van der Waals surface area contributed by atoms with Gasteiger partial charge in [-0.2, -0.15) is 0 Å². The Balaban J connectivity index is 3.20. The average molecular weight is 442 g/mol. The SMILES string of the molecule is C=C[C@@H](C)[C@@H](O[Si](C)(C)C(C)(C)C)[C@H](C)[C@@H]1OC(C)(C)N(C(=O)OC(C)(C)C)[C@@H]1C. The molecule has 1 aliphatic rings. The fraction of sp³-hybridized carbons (Fsp3) is 0.875. The predicted molar refractivity (Wildman–Crippen MR) is 127 cm³/mol. The summed E-state index contributed by atoms with van der Waals surface area (Å²) in [5.74, 6) is 0.248. The molecule has 0 spiro atoms. The maximum absolute atomic E-state index is 13.0. The molecule has 0 bridgehead atoms. The van der Waals surface area contributed by atoms with Crippen molar-refractivity contribution < 1.29 is 18.7 Å². The zero-order valence-corrected chi connectivity index (χ0v) is 22.8. The molecule has 6 heteroatoms. The van der Waals surface area contributed by atoms with Crippen LogP contribution in [0.3, 0.4) is 0 Å². The third kappa shape index (κ3) is 6.10. The van der Waals surface area contributed by atoms with Crippen LogP contribution in [0.25, 0.3) is 0 Å². The van der Waals surface area contributed by atoms with Crippen molar-refractivity contribution in [1.29, 1.82) is 0 Å². The largest absolute Gasteiger partial charge is 0.444 e. The minimum Gasteiger partial charge on any atom is -0.444 e. The van der Waals surface area contributed by atoms with E-state index in [2.05, 4.69) is 54.3 Å². The topological polar surface area (TPSA) is 48.0 Å². The van der Waals surface area contributed by atoms with Crippen LogP contribution in [0.2, 0.25) is 18.1 Å². The van der Waals surface area contributed by atoms with Crippen molar-refractivity contribution in [2.75, 3.05) is 0 Å². The second-order valence-corrected chi connectivity index (χ2v) is 16.7. The highest BCUT2D eigenvalue weighted by atomic mass is 28.4. The van der Waals surface area contributed by atoms with Gasteiger partial charge in [-0.3, -0.25) is 4.90 Å². The molecule has 1 rings (SSSR count). The van der Waals surface area contributed by atoms with Gasteiger partial charge in [0.05, 0.1) is 18.2 Å². The Bertz CT molecular complexity index is 618. The molecule has 1 heterocycles. The van der Waals surface area contributed by atoms with Gasteiger partial charge in [0.15, 0.2) is 8.32 Å². The number of carbonyl (C=O) groups is 1. The first-order valence-corrected chi connectivity index (χ1v) is 14.2. The van der Waals surface area contributed by atoms with Crippen molar-refractivity contribution in [2.24, 2.45) is 11.8 Å². The number of carbonyl (C=O) groups excluding carboxylic acids is 1. The molecule has 1 amide bonds. The second-order valence-electron chi connectivity index (χ2n) is 11.9. The van der Waals surface area contributed by atoms with Crippen molar-refractivity contribution in [1.82, 2.24) is 4.90 Å². The summed E-state index contributed by atoms with van der Waals surface area (Å²) in [6.45, 7) is 31.2. The lowest BCUT2D eigenvalue weighted by atomic mass is 9.87. The van der Waals surface area contributed by atoms with E-state index < -0.39 is 19.6 Å².